The van der Waals surface area contributed by atoms with Crippen molar-refractivity contribution in [1.82, 2.24) is 5.32 Å². The van der Waals surface area contributed by atoms with Gasteiger partial charge in [0.25, 0.3) is 0 Å². The van der Waals surface area contributed by atoms with Gasteiger partial charge in [-0.25, -0.2) is 9.18 Å². The molecule has 23 heavy (non-hydrogen) atoms. The van der Waals surface area contributed by atoms with Crippen molar-refractivity contribution < 1.29 is 23.8 Å². The van der Waals surface area contributed by atoms with Gasteiger partial charge in [-0.3, -0.25) is 0 Å². The smallest absolute Gasteiger partial charge is 0.331 e. The zero-order valence-electron chi connectivity index (χ0n) is 13.5. The summed E-state index contributed by atoms with van der Waals surface area (Å²) in [6.45, 7) is 7.55. The van der Waals surface area contributed by atoms with Gasteiger partial charge in [0.2, 0.25) is 0 Å². The van der Waals surface area contributed by atoms with Crippen molar-refractivity contribution in [2.75, 3.05) is 13.2 Å². The number of carbonyl (C=O) groups is 1. The predicted molar refractivity (Wildman–Crippen MR) is 85.3 cm³/mol. The number of benzene rings is 1. The van der Waals surface area contributed by atoms with Crippen LogP contribution in [0, 0.1) is 12.7 Å². The van der Waals surface area contributed by atoms with Gasteiger partial charge in [0.05, 0.1) is 19.3 Å². The van der Waals surface area contributed by atoms with E-state index in [1.54, 1.807) is 19.1 Å². The molecule has 0 radical (unpaired) electrons. The van der Waals surface area contributed by atoms with Gasteiger partial charge in [0.1, 0.15) is 18.0 Å². The molecular weight excluding hydrogens is 301 g/mol. The minimum Gasteiger partial charge on any atom is -0.461 e. The molecule has 5 nitrogen and oxygen atoms in total. The Bertz CT molecular complexity index is 471. The lowest BCUT2D eigenvalue weighted by Gasteiger charge is -2.17. The summed E-state index contributed by atoms with van der Waals surface area (Å²) in [6.07, 6.45) is 0.930. The van der Waals surface area contributed by atoms with E-state index in [1.807, 2.05) is 6.92 Å². The van der Waals surface area contributed by atoms with Crippen LogP contribution in [0.25, 0.3) is 0 Å². The van der Waals surface area contributed by atoms with Crippen LogP contribution in [0.5, 0.6) is 0 Å². The average Bonchev–Trinajstić information content (AvgIpc) is 2.54. The van der Waals surface area contributed by atoms with E-state index in [1.165, 1.54) is 18.3 Å². The molecule has 0 aromatic heterocycles. The number of ether oxygens (including phenoxy) is 2. The number of halogens is 1. The molecule has 2 rings (SSSR count). The van der Waals surface area contributed by atoms with Gasteiger partial charge in [0, 0.05) is 6.42 Å². The maximum absolute atomic E-state index is 12.1. The lowest BCUT2D eigenvalue weighted by Crippen LogP contribution is -2.39. The fourth-order valence-corrected chi connectivity index (χ4v) is 1.96. The molecule has 0 saturated carbocycles. The molecule has 2 unspecified atom stereocenters. The first-order valence-corrected chi connectivity index (χ1v) is 7.47. The summed E-state index contributed by atoms with van der Waals surface area (Å²) in [5.74, 6) is -0.549. The van der Waals surface area contributed by atoms with E-state index >= 15 is 0 Å². The number of hydrogen-bond donors (Lipinski definition) is 2. The van der Waals surface area contributed by atoms with Gasteiger partial charge in [-0.15, -0.1) is 0 Å². The second-order valence-corrected chi connectivity index (χ2v) is 5.39. The SMILES string of the molecule is C=CN[C@H]1COCC(O)CC(C)OC1=O.Cc1ccc(F)cc1. The maximum atomic E-state index is 12.1. The Morgan fingerprint density at radius 2 is 2.00 bits per heavy atom. The fraction of sp³-hybridized carbons (Fsp3) is 0.471. The Balaban J connectivity index is 0.000000277. The van der Waals surface area contributed by atoms with Crippen LogP contribution in [0.15, 0.2) is 37.0 Å². The summed E-state index contributed by atoms with van der Waals surface area (Å²) in [7, 11) is 0. The molecule has 0 spiro atoms. The van der Waals surface area contributed by atoms with Crippen LogP contribution in [0.3, 0.4) is 0 Å². The molecule has 1 heterocycles. The van der Waals surface area contributed by atoms with Crippen molar-refractivity contribution >= 4 is 5.97 Å². The molecule has 0 bridgehead atoms. The lowest BCUT2D eigenvalue weighted by molar-refractivity contribution is -0.151. The van der Waals surface area contributed by atoms with Crippen molar-refractivity contribution in [2.45, 2.75) is 38.5 Å². The molecule has 1 aromatic carbocycles. The van der Waals surface area contributed by atoms with E-state index in [2.05, 4.69) is 11.9 Å². The number of rotatable bonds is 2. The Hall–Kier alpha value is -1.92. The van der Waals surface area contributed by atoms with Crippen LogP contribution < -0.4 is 5.32 Å². The predicted octanol–water partition coefficient (Wildman–Crippen LogP) is 1.94. The van der Waals surface area contributed by atoms with Crippen molar-refractivity contribution in [3.63, 3.8) is 0 Å². The summed E-state index contributed by atoms with van der Waals surface area (Å²) >= 11 is 0. The number of hydrogen-bond acceptors (Lipinski definition) is 5. The molecule has 1 aromatic rings. The van der Waals surface area contributed by atoms with Gasteiger partial charge < -0.3 is 19.9 Å². The standard InChI is InChI=1S/C10H17NO4.C7H7F/c1-3-11-9-6-14-5-8(12)4-7(2)15-10(9)13;1-6-2-4-7(8)5-3-6/h3,7-9,11-12H,1,4-6H2,2H3;2-5H,1H3/t7?,8?,9-;/m0./s1. The summed E-state index contributed by atoms with van der Waals surface area (Å²) in [4.78, 5) is 11.5. The van der Waals surface area contributed by atoms with E-state index in [0.29, 0.717) is 6.42 Å². The average molecular weight is 325 g/mol. The molecule has 0 amide bonds. The Morgan fingerprint density at radius 3 is 2.57 bits per heavy atom. The first kappa shape index (κ1) is 19.1. The third-order valence-corrected chi connectivity index (χ3v) is 3.13. The van der Waals surface area contributed by atoms with Crippen LogP contribution in [0.2, 0.25) is 0 Å². The Labute approximate surface area is 136 Å². The molecule has 1 saturated heterocycles. The van der Waals surface area contributed by atoms with E-state index < -0.39 is 12.1 Å². The molecule has 6 heteroatoms. The molecule has 1 aliphatic rings. The third kappa shape index (κ3) is 7.76. The van der Waals surface area contributed by atoms with Crippen molar-refractivity contribution in [1.29, 1.82) is 0 Å². The number of carbonyl (C=O) groups excluding carboxylic acids is 1. The molecule has 2 N–H and O–H groups in total. The third-order valence-electron chi connectivity index (χ3n) is 3.13. The molecular formula is C17H24FNO4. The first-order chi connectivity index (χ1) is 10.9. The highest BCUT2D eigenvalue weighted by Gasteiger charge is 2.25. The van der Waals surface area contributed by atoms with Gasteiger partial charge in [-0.1, -0.05) is 24.3 Å². The summed E-state index contributed by atoms with van der Waals surface area (Å²) < 4.78 is 22.4. The number of cyclic esters (lactones) is 1. The lowest BCUT2D eigenvalue weighted by atomic mass is 10.2. The highest BCUT2D eigenvalue weighted by atomic mass is 19.1. The number of nitrogens with one attached hydrogen (secondary N) is 1. The van der Waals surface area contributed by atoms with Gasteiger partial charge in [-0.05, 0) is 32.2 Å². The summed E-state index contributed by atoms with van der Waals surface area (Å²) in [5.41, 5.74) is 1.09. The van der Waals surface area contributed by atoms with Gasteiger partial charge >= 0.3 is 5.97 Å². The van der Waals surface area contributed by atoms with Gasteiger partial charge in [0.15, 0.2) is 0 Å². The van der Waals surface area contributed by atoms with Crippen LogP contribution in [-0.4, -0.2) is 42.5 Å². The minimum absolute atomic E-state index is 0.171. The minimum atomic E-state index is -0.588. The summed E-state index contributed by atoms with van der Waals surface area (Å²) in [5, 5.41) is 12.2. The molecule has 128 valence electrons. The fourth-order valence-electron chi connectivity index (χ4n) is 1.96. The highest BCUT2D eigenvalue weighted by Crippen LogP contribution is 2.08. The monoisotopic (exact) mass is 325 g/mol. The topological polar surface area (TPSA) is 67.8 Å². The Morgan fingerprint density at radius 1 is 1.35 bits per heavy atom. The summed E-state index contributed by atoms with van der Waals surface area (Å²) in [6, 6.07) is 5.85. The molecule has 3 atom stereocenters. The number of esters is 1. The van der Waals surface area contributed by atoms with Crippen LogP contribution in [0.1, 0.15) is 18.9 Å². The molecule has 1 fully saturated rings. The van der Waals surface area contributed by atoms with E-state index in [0.717, 1.165) is 5.56 Å². The molecule has 0 aliphatic carbocycles. The van der Waals surface area contributed by atoms with Gasteiger partial charge in [-0.2, -0.15) is 0 Å². The van der Waals surface area contributed by atoms with Crippen LogP contribution >= 0.6 is 0 Å². The first-order valence-electron chi connectivity index (χ1n) is 7.47. The number of aliphatic hydroxyl groups excluding tert-OH is 1. The Kier molecular flexibility index (Phi) is 8.29. The van der Waals surface area contributed by atoms with Crippen LogP contribution in [-0.2, 0) is 14.3 Å². The largest absolute Gasteiger partial charge is 0.461 e. The quantitative estimate of drug-likeness (QED) is 0.814. The highest BCUT2D eigenvalue weighted by molar-refractivity contribution is 5.76. The van der Waals surface area contributed by atoms with Crippen molar-refractivity contribution in [3.8, 4) is 0 Å². The number of aryl methyl sites for hydroxylation is 1. The maximum Gasteiger partial charge on any atom is 0.331 e. The van der Waals surface area contributed by atoms with E-state index in [4.69, 9.17) is 9.47 Å². The van der Waals surface area contributed by atoms with E-state index in [9.17, 15) is 14.3 Å². The number of aliphatic hydroxyl groups is 1. The van der Waals surface area contributed by atoms with E-state index in [-0.39, 0.29) is 31.1 Å². The van der Waals surface area contributed by atoms with Crippen molar-refractivity contribution in [2.24, 2.45) is 0 Å². The van der Waals surface area contributed by atoms with Crippen molar-refractivity contribution in [3.05, 3.63) is 48.4 Å². The second kappa shape index (κ2) is 9.97. The molecule has 1 aliphatic heterocycles. The zero-order chi connectivity index (χ0) is 17.2. The zero-order valence-corrected chi connectivity index (χ0v) is 13.5. The normalized spacial score (nSPS) is 24.9. The van der Waals surface area contributed by atoms with Crippen LogP contribution in [0.4, 0.5) is 4.39 Å². The second-order valence-electron chi connectivity index (χ2n) is 5.39.